The Hall–Kier alpha value is -3.81. The van der Waals surface area contributed by atoms with Crippen LogP contribution in [0.4, 0.5) is 5.82 Å². The van der Waals surface area contributed by atoms with Crippen LogP contribution in [-0.2, 0) is 11.3 Å². The molecule has 4 aromatic rings. The highest BCUT2D eigenvalue weighted by atomic mass is 16.1. The van der Waals surface area contributed by atoms with E-state index in [9.17, 15) is 4.79 Å². The number of aryl methyl sites for hydroxylation is 2. The van der Waals surface area contributed by atoms with E-state index in [0.717, 1.165) is 58.9 Å². The second-order valence-electron chi connectivity index (χ2n) is 8.49. The summed E-state index contributed by atoms with van der Waals surface area (Å²) in [5.74, 6) is 0.682. The number of hydrogen-bond donors (Lipinski definition) is 1. The molecule has 1 aliphatic heterocycles. The van der Waals surface area contributed by atoms with Crippen LogP contribution in [0.3, 0.4) is 0 Å². The minimum absolute atomic E-state index is 0.0488. The molecule has 1 aromatic carbocycles. The lowest BCUT2D eigenvalue weighted by Gasteiger charge is -2.32. The molecule has 8 heteroatoms. The molecule has 0 bridgehead atoms. The summed E-state index contributed by atoms with van der Waals surface area (Å²) in [6.45, 7) is 5.88. The highest BCUT2D eigenvalue weighted by Crippen LogP contribution is 2.31. The summed E-state index contributed by atoms with van der Waals surface area (Å²) in [6, 6.07) is 15.8. The number of fused-ring (bicyclic) bond motifs is 1. The largest absolute Gasteiger partial charge is 0.352 e. The predicted molar refractivity (Wildman–Crippen MR) is 127 cm³/mol. The zero-order chi connectivity index (χ0) is 22.8. The first-order chi connectivity index (χ1) is 16.1. The summed E-state index contributed by atoms with van der Waals surface area (Å²) in [5.41, 5.74) is 4.58. The summed E-state index contributed by atoms with van der Waals surface area (Å²) < 4.78 is 1.95. The second-order valence-corrected chi connectivity index (χ2v) is 8.49. The molecule has 1 aliphatic rings. The number of carbonyl (C=O) groups is 1. The maximum absolute atomic E-state index is 12.9. The quantitative estimate of drug-likeness (QED) is 0.511. The molecule has 0 aliphatic carbocycles. The van der Waals surface area contributed by atoms with Gasteiger partial charge in [0.2, 0.25) is 5.91 Å². The fourth-order valence-electron chi connectivity index (χ4n) is 4.55. The summed E-state index contributed by atoms with van der Waals surface area (Å²) in [7, 11) is 0. The molecule has 8 nitrogen and oxygen atoms in total. The number of para-hydroxylation sites is 1. The lowest BCUT2D eigenvalue weighted by Crippen LogP contribution is -2.43. The van der Waals surface area contributed by atoms with Crippen LogP contribution in [0, 0.1) is 19.8 Å². The van der Waals surface area contributed by atoms with Gasteiger partial charge in [-0.3, -0.25) is 9.78 Å². The van der Waals surface area contributed by atoms with E-state index in [1.807, 2.05) is 60.1 Å². The summed E-state index contributed by atoms with van der Waals surface area (Å²) in [5, 5.41) is 18.0. The monoisotopic (exact) mass is 441 g/mol. The van der Waals surface area contributed by atoms with Crippen molar-refractivity contribution < 1.29 is 4.79 Å². The Bertz CT molecular complexity index is 1270. The van der Waals surface area contributed by atoms with E-state index in [4.69, 9.17) is 5.10 Å². The smallest absolute Gasteiger partial charge is 0.225 e. The number of benzene rings is 1. The van der Waals surface area contributed by atoms with E-state index in [1.54, 1.807) is 6.20 Å². The standard InChI is InChI=1S/C25H27N7O/c1-17-22-18(2)32(21-11-4-3-5-12-21)30-23(22)24(29-28-17)31-14-8-9-19(16-31)25(33)27-15-20-10-6-7-13-26-20/h3-7,10-13,19H,8-9,14-16H2,1-2H3,(H,27,33)/t19-/m1/s1. The minimum Gasteiger partial charge on any atom is -0.352 e. The SMILES string of the molecule is Cc1nnc(N2CCC[C@@H](C(=O)NCc3ccccn3)C2)c2nn(-c3ccccc3)c(C)c12. The molecule has 1 amide bonds. The van der Waals surface area contributed by atoms with Crippen molar-refractivity contribution in [2.24, 2.45) is 5.92 Å². The molecule has 1 fully saturated rings. The van der Waals surface area contributed by atoms with Crippen LogP contribution >= 0.6 is 0 Å². The van der Waals surface area contributed by atoms with Crippen molar-refractivity contribution >= 4 is 22.6 Å². The van der Waals surface area contributed by atoms with Crippen LogP contribution in [0.2, 0.25) is 0 Å². The summed E-state index contributed by atoms with van der Waals surface area (Å²) >= 11 is 0. The Morgan fingerprint density at radius 3 is 2.70 bits per heavy atom. The number of rotatable bonds is 5. The lowest BCUT2D eigenvalue weighted by molar-refractivity contribution is -0.125. The third-order valence-electron chi connectivity index (χ3n) is 6.25. The highest BCUT2D eigenvalue weighted by Gasteiger charge is 2.29. The topological polar surface area (TPSA) is 88.8 Å². The van der Waals surface area contributed by atoms with E-state index in [-0.39, 0.29) is 11.8 Å². The first-order valence-corrected chi connectivity index (χ1v) is 11.3. The van der Waals surface area contributed by atoms with Gasteiger partial charge in [-0.1, -0.05) is 24.3 Å². The number of anilines is 1. The number of carbonyl (C=O) groups excluding carboxylic acids is 1. The average Bonchev–Trinajstić information content (AvgIpc) is 3.22. The first-order valence-electron chi connectivity index (χ1n) is 11.3. The minimum atomic E-state index is -0.113. The van der Waals surface area contributed by atoms with Gasteiger partial charge >= 0.3 is 0 Å². The van der Waals surface area contributed by atoms with Gasteiger partial charge in [-0.15, -0.1) is 5.10 Å². The molecule has 1 saturated heterocycles. The van der Waals surface area contributed by atoms with Crippen LogP contribution in [0.15, 0.2) is 54.7 Å². The molecular weight excluding hydrogens is 414 g/mol. The van der Waals surface area contributed by atoms with E-state index >= 15 is 0 Å². The average molecular weight is 442 g/mol. The van der Waals surface area contributed by atoms with Crippen molar-refractivity contribution in [2.45, 2.75) is 33.2 Å². The van der Waals surface area contributed by atoms with Crippen molar-refractivity contribution in [2.75, 3.05) is 18.0 Å². The van der Waals surface area contributed by atoms with Crippen LogP contribution in [0.1, 0.15) is 29.9 Å². The van der Waals surface area contributed by atoms with Crippen molar-refractivity contribution in [3.8, 4) is 5.69 Å². The maximum atomic E-state index is 12.9. The van der Waals surface area contributed by atoms with Gasteiger partial charge in [0.05, 0.1) is 40.6 Å². The molecule has 33 heavy (non-hydrogen) atoms. The number of amides is 1. The zero-order valence-electron chi connectivity index (χ0n) is 18.9. The first kappa shape index (κ1) is 21.1. The van der Waals surface area contributed by atoms with E-state index in [2.05, 4.69) is 32.3 Å². The van der Waals surface area contributed by atoms with Gasteiger partial charge in [-0.2, -0.15) is 10.2 Å². The van der Waals surface area contributed by atoms with E-state index in [0.29, 0.717) is 13.1 Å². The summed E-state index contributed by atoms with van der Waals surface area (Å²) in [6.07, 6.45) is 3.50. The van der Waals surface area contributed by atoms with Crippen LogP contribution in [0.5, 0.6) is 0 Å². The van der Waals surface area contributed by atoms with Gasteiger partial charge in [0, 0.05) is 19.3 Å². The fourth-order valence-corrected chi connectivity index (χ4v) is 4.55. The van der Waals surface area contributed by atoms with Gasteiger partial charge in [0.25, 0.3) is 0 Å². The molecule has 5 rings (SSSR count). The molecule has 0 spiro atoms. The Morgan fingerprint density at radius 1 is 1.09 bits per heavy atom. The molecular formula is C25H27N7O. The number of nitrogens with one attached hydrogen (secondary N) is 1. The van der Waals surface area contributed by atoms with Crippen molar-refractivity contribution in [3.63, 3.8) is 0 Å². The molecule has 1 atom stereocenters. The number of nitrogens with zero attached hydrogens (tertiary/aromatic N) is 6. The van der Waals surface area contributed by atoms with Crippen LogP contribution in [0.25, 0.3) is 16.6 Å². The van der Waals surface area contributed by atoms with Gasteiger partial charge in [0.1, 0.15) is 5.52 Å². The molecule has 4 heterocycles. The Morgan fingerprint density at radius 2 is 1.91 bits per heavy atom. The number of hydrogen-bond acceptors (Lipinski definition) is 6. The highest BCUT2D eigenvalue weighted by molar-refractivity contribution is 5.92. The maximum Gasteiger partial charge on any atom is 0.225 e. The van der Waals surface area contributed by atoms with Crippen LogP contribution in [-0.4, -0.2) is 44.0 Å². The van der Waals surface area contributed by atoms with Crippen molar-refractivity contribution in [1.29, 1.82) is 0 Å². The second kappa shape index (κ2) is 8.97. The molecule has 0 saturated carbocycles. The zero-order valence-corrected chi connectivity index (χ0v) is 18.9. The third-order valence-corrected chi connectivity index (χ3v) is 6.25. The number of aromatic nitrogens is 5. The summed E-state index contributed by atoms with van der Waals surface area (Å²) in [4.78, 5) is 19.3. The predicted octanol–water partition coefficient (Wildman–Crippen LogP) is 3.36. The van der Waals surface area contributed by atoms with Gasteiger partial charge in [0.15, 0.2) is 5.82 Å². The van der Waals surface area contributed by atoms with Crippen molar-refractivity contribution in [3.05, 3.63) is 71.8 Å². The molecule has 168 valence electrons. The molecule has 0 unspecified atom stereocenters. The normalized spacial score (nSPS) is 16.2. The molecule has 3 aromatic heterocycles. The Kier molecular flexibility index (Phi) is 5.73. The number of pyridine rings is 1. The van der Waals surface area contributed by atoms with Crippen LogP contribution < -0.4 is 10.2 Å². The fraction of sp³-hybridized carbons (Fsp3) is 0.320. The number of piperidine rings is 1. The van der Waals surface area contributed by atoms with E-state index in [1.165, 1.54) is 0 Å². The Labute approximate surface area is 192 Å². The van der Waals surface area contributed by atoms with Crippen molar-refractivity contribution in [1.82, 2.24) is 30.3 Å². The van der Waals surface area contributed by atoms with Gasteiger partial charge < -0.3 is 10.2 Å². The van der Waals surface area contributed by atoms with E-state index < -0.39 is 0 Å². The van der Waals surface area contributed by atoms with Gasteiger partial charge in [-0.05, 0) is 51.0 Å². The molecule has 0 radical (unpaired) electrons. The third kappa shape index (κ3) is 4.16. The molecule has 1 N–H and O–H groups in total. The lowest BCUT2D eigenvalue weighted by atomic mass is 9.97. The Balaban J connectivity index is 1.40. The van der Waals surface area contributed by atoms with Gasteiger partial charge in [-0.25, -0.2) is 4.68 Å².